The van der Waals surface area contributed by atoms with Crippen LogP contribution in [0.2, 0.25) is 0 Å². The van der Waals surface area contributed by atoms with Crippen molar-refractivity contribution in [3.63, 3.8) is 0 Å². The van der Waals surface area contributed by atoms with Crippen LogP contribution in [0.3, 0.4) is 0 Å². The van der Waals surface area contributed by atoms with Crippen LogP contribution in [-0.4, -0.2) is 49.9 Å². The Kier molecular flexibility index (Phi) is 7.07. The van der Waals surface area contributed by atoms with E-state index < -0.39 is 5.91 Å². The summed E-state index contributed by atoms with van der Waals surface area (Å²) in [6, 6.07) is 6.99. The molecule has 9 heteroatoms. The molecule has 8 nitrogen and oxygen atoms in total. The van der Waals surface area contributed by atoms with Crippen molar-refractivity contribution >= 4 is 39.7 Å². The molecule has 1 heterocycles. The van der Waals surface area contributed by atoms with Crippen molar-refractivity contribution < 1.29 is 19.1 Å². The lowest BCUT2D eigenvalue weighted by Crippen LogP contribution is -2.36. The first kappa shape index (κ1) is 21.8. The maximum Gasteiger partial charge on any atom is 0.251 e. The van der Waals surface area contributed by atoms with Crippen molar-refractivity contribution in [3.8, 4) is 5.75 Å². The monoisotopic (exact) mass is 430 g/mol. The summed E-state index contributed by atoms with van der Waals surface area (Å²) in [5.41, 5.74) is 7.62. The summed E-state index contributed by atoms with van der Waals surface area (Å²) in [5, 5.41) is 6.09. The van der Waals surface area contributed by atoms with Gasteiger partial charge in [0.25, 0.3) is 5.91 Å². The number of carbonyl (C=O) groups is 3. The topological polar surface area (TPSA) is 114 Å². The van der Waals surface area contributed by atoms with Crippen molar-refractivity contribution in [2.45, 2.75) is 25.7 Å². The number of anilines is 2. The van der Waals surface area contributed by atoms with Gasteiger partial charge < -0.3 is 21.1 Å². The van der Waals surface area contributed by atoms with Crippen LogP contribution >= 0.6 is 11.3 Å². The quantitative estimate of drug-likeness (QED) is 0.594. The zero-order valence-corrected chi connectivity index (χ0v) is 17.9. The van der Waals surface area contributed by atoms with E-state index in [1.165, 1.54) is 11.3 Å². The number of fused-ring (bicyclic) bond motifs is 1. The molecule has 0 spiro atoms. The largest absolute Gasteiger partial charge is 0.497 e. The highest BCUT2D eigenvalue weighted by molar-refractivity contribution is 7.17. The van der Waals surface area contributed by atoms with E-state index in [9.17, 15) is 14.4 Å². The minimum absolute atomic E-state index is 0.0107. The predicted octanol–water partition coefficient (Wildman–Crippen LogP) is 2.24. The van der Waals surface area contributed by atoms with Gasteiger partial charge in [-0.1, -0.05) is 0 Å². The Balaban J connectivity index is 1.55. The molecule has 0 atom stereocenters. The zero-order chi connectivity index (χ0) is 21.7. The van der Waals surface area contributed by atoms with Gasteiger partial charge in [-0.05, 0) is 62.6 Å². The Bertz CT molecular complexity index is 939. The standard InChI is InChI=1S/C21H26N4O4S/c1-25(11-17(26)23-13-7-9-14(29-2)10-8-13)12-18(27)24-21-19(20(22)28)15-5-3-4-6-16(15)30-21/h7-10H,3-6,11-12H2,1-2H3,(H2,22,28)(H,23,26)(H,24,27). The number of hydrogen-bond donors (Lipinski definition) is 3. The van der Waals surface area contributed by atoms with E-state index in [1.807, 2.05) is 0 Å². The second-order valence-electron chi connectivity index (χ2n) is 7.28. The van der Waals surface area contributed by atoms with Crippen LogP contribution in [0.25, 0.3) is 0 Å². The molecule has 0 aliphatic heterocycles. The lowest BCUT2D eigenvalue weighted by Gasteiger charge is -2.16. The Morgan fingerprint density at radius 3 is 2.33 bits per heavy atom. The molecule has 1 aliphatic rings. The lowest BCUT2D eigenvalue weighted by molar-refractivity contribution is -0.119. The van der Waals surface area contributed by atoms with E-state index in [0.717, 1.165) is 36.1 Å². The van der Waals surface area contributed by atoms with Gasteiger partial charge in [0.15, 0.2) is 0 Å². The Hall–Kier alpha value is -2.91. The number of aryl methyl sites for hydroxylation is 1. The van der Waals surface area contributed by atoms with Crippen LogP contribution in [0.1, 0.15) is 33.6 Å². The summed E-state index contributed by atoms with van der Waals surface area (Å²) in [4.78, 5) is 39.3. The second-order valence-corrected chi connectivity index (χ2v) is 8.38. The first-order valence-corrected chi connectivity index (χ1v) is 10.6. The highest BCUT2D eigenvalue weighted by Gasteiger charge is 2.25. The average molecular weight is 431 g/mol. The summed E-state index contributed by atoms with van der Waals surface area (Å²) in [5.74, 6) is -0.347. The number of ether oxygens (including phenoxy) is 1. The van der Waals surface area contributed by atoms with Crippen molar-refractivity contribution in [1.82, 2.24) is 4.90 Å². The van der Waals surface area contributed by atoms with Gasteiger partial charge in [-0.25, -0.2) is 0 Å². The highest BCUT2D eigenvalue weighted by Crippen LogP contribution is 2.37. The number of methoxy groups -OCH3 is 1. The van der Waals surface area contributed by atoms with Crippen LogP contribution in [0.5, 0.6) is 5.75 Å². The summed E-state index contributed by atoms with van der Waals surface area (Å²) in [6.07, 6.45) is 3.81. The number of carbonyl (C=O) groups excluding carboxylic acids is 3. The van der Waals surface area contributed by atoms with Crippen LogP contribution in [0.15, 0.2) is 24.3 Å². The maximum atomic E-state index is 12.5. The number of amides is 3. The number of rotatable bonds is 8. The van der Waals surface area contributed by atoms with Gasteiger partial charge in [0, 0.05) is 10.6 Å². The molecule has 1 aliphatic carbocycles. The van der Waals surface area contributed by atoms with Gasteiger partial charge in [0.1, 0.15) is 10.8 Å². The van der Waals surface area contributed by atoms with Crippen LogP contribution in [-0.2, 0) is 22.4 Å². The third-order valence-electron chi connectivity index (χ3n) is 4.87. The zero-order valence-electron chi connectivity index (χ0n) is 17.1. The van der Waals surface area contributed by atoms with Crippen LogP contribution in [0.4, 0.5) is 10.7 Å². The lowest BCUT2D eigenvalue weighted by atomic mass is 9.95. The maximum absolute atomic E-state index is 12.5. The van der Waals surface area contributed by atoms with Gasteiger partial charge in [-0.3, -0.25) is 19.3 Å². The fourth-order valence-corrected chi connectivity index (χ4v) is 4.81. The molecule has 1 aromatic heterocycles. The summed E-state index contributed by atoms with van der Waals surface area (Å²) >= 11 is 1.42. The molecule has 0 fully saturated rings. The molecule has 1 aromatic carbocycles. The minimum Gasteiger partial charge on any atom is -0.497 e. The fraction of sp³-hybridized carbons (Fsp3) is 0.381. The highest BCUT2D eigenvalue weighted by atomic mass is 32.1. The number of nitrogens with two attached hydrogens (primary N) is 1. The molecule has 3 amide bonds. The normalized spacial score (nSPS) is 12.9. The number of thiophene rings is 1. The third-order valence-corrected chi connectivity index (χ3v) is 6.08. The van der Waals surface area contributed by atoms with Crippen LogP contribution < -0.4 is 21.1 Å². The van der Waals surface area contributed by atoms with Crippen molar-refractivity contribution in [1.29, 1.82) is 0 Å². The molecule has 4 N–H and O–H groups in total. The molecule has 160 valence electrons. The number of nitrogens with one attached hydrogen (secondary N) is 2. The van der Waals surface area contributed by atoms with E-state index >= 15 is 0 Å². The molecule has 0 unspecified atom stereocenters. The second kappa shape index (κ2) is 9.73. The van der Waals surface area contributed by atoms with Gasteiger partial charge in [0.05, 0.1) is 25.8 Å². The summed E-state index contributed by atoms with van der Waals surface area (Å²) < 4.78 is 5.09. The summed E-state index contributed by atoms with van der Waals surface area (Å²) in [6.45, 7) is 0.0554. The average Bonchev–Trinajstić information content (AvgIpc) is 3.05. The number of hydrogen-bond acceptors (Lipinski definition) is 6. The van der Waals surface area contributed by atoms with E-state index in [2.05, 4.69) is 10.6 Å². The van der Waals surface area contributed by atoms with Crippen molar-refractivity contribution in [2.24, 2.45) is 5.73 Å². The minimum atomic E-state index is -0.517. The molecular formula is C21H26N4O4S. The molecular weight excluding hydrogens is 404 g/mol. The van der Waals surface area contributed by atoms with Gasteiger partial charge in [-0.2, -0.15) is 0 Å². The Morgan fingerprint density at radius 2 is 1.70 bits per heavy atom. The number of likely N-dealkylation sites (N-methyl/N-ethyl adjacent to an activating group) is 1. The van der Waals surface area contributed by atoms with Gasteiger partial charge in [0.2, 0.25) is 11.8 Å². The third kappa shape index (κ3) is 5.37. The molecule has 0 saturated carbocycles. The van der Waals surface area contributed by atoms with Gasteiger partial charge in [-0.15, -0.1) is 11.3 Å². The van der Waals surface area contributed by atoms with Crippen LogP contribution in [0, 0.1) is 0 Å². The van der Waals surface area contributed by atoms with E-state index in [1.54, 1.807) is 43.3 Å². The van der Waals surface area contributed by atoms with Gasteiger partial charge >= 0.3 is 0 Å². The molecule has 3 rings (SSSR count). The fourth-order valence-electron chi connectivity index (χ4n) is 3.50. The molecule has 30 heavy (non-hydrogen) atoms. The SMILES string of the molecule is COc1ccc(NC(=O)CN(C)CC(=O)Nc2sc3c(c2C(N)=O)CCCC3)cc1. The number of nitrogens with zero attached hydrogens (tertiary/aromatic N) is 1. The van der Waals surface area contributed by atoms with Crippen molar-refractivity contribution in [2.75, 3.05) is 37.9 Å². The van der Waals surface area contributed by atoms with E-state index in [-0.39, 0.29) is 24.9 Å². The Labute approximate surface area is 179 Å². The first-order chi connectivity index (χ1) is 14.4. The number of benzene rings is 1. The molecule has 0 radical (unpaired) electrons. The molecule has 0 saturated heterocycles. The molecule has 0 bridgehead atoms. The Morgan fingerprint density at radius 1 is 1.07 bits per heavy atom. The van der Waals surface area contributed by atoms with Crippen molar-refractivity contribution in [3.05, 3.63) is 40.3 Å². The predicted molar refractivity (Wildman–Crippen MR) is 117 cm³/mol. The first-order valence-electron chi connectivity index (χ1n) is 9.74. The van der Waals surface area contributed by atoms with E-state index in [0.29, 0.717) is 22.0 Å². The molecule has 2 aromatic rings. The number of primary amides is 1. The van der Waals surface area contributed by atoms with E-state index in [4.69, 9.17) is 10.5 Å². The smallest absolute Gasteiger partial charge is 0.251 e. The summed E-state index contributed by atoms with van der Waals surface area (Å²) in [7, 11) is 3.26.